The number of nitrogens with one attached hydrogen (secondary N) is 4. The predicted octanol–water partition coefficient (Wildman–Crippen LogP) is 15.4. The molecule has 10 nitrogen and oxygen atoms in total. The summed E-state index contributed by atoms with van der Waals surface area (Å²) in [7, 11) is 0. The Kier molecular flexibility index (Phi) is 17.3. The molecule has 10 rings (SSSR count). The molecule has 378 valence electrons. The van der Waals surface area contributed by atoms with Crippen LogP contribution in [0, 0.1) is 0 Å². The number of hydrogen-bond donors (Lipinski definition) is 4. The van der Waals surface area contributed by atoms with Crippen LogP contribution in [0.25, 0.3) is 44.5 Å². The molecular formula is C66H62N8O2. The van der Waals surface area contributed by atoms with Crippen molar-refractivity contribution in [3.8, 4) is 56.0 Å². The largest absolute Gasteiger partial charge is 0.494 e. The molecule has 0 amide bonds. The van der Waals surface area contributed by atoms with Gasteiger partial charge in [-0.2, -0.15) is 0 Å². The van der Waals surface area contributed by atoms with Gasteiger partial charge in [0.25, 0.3) is 0 Å². The number of benzene rings is 6. The van der Waals surface area contributed by atoms with E-state index < -0.39 is 0 Å². The molecule has 10 aromatic rings. The van der Waals surface area contributed by atoms with Gasteiger partial charge in [-0.25, -0.2) is 19.9 Å². The SMILES string of the molecule is c1ccc(-c2ccc(NCc3cc(CNc4ccc(-c5ccccc5)cn4)cc(OCCCCCCOc4cc(CNc5ccc(-c6ccccc6)cn5)cc(CNc5ccc(-c6ccccc6)cn5)c4)c3)nc2)cc1. The molecule has 0 radical (unpaired) electrons. The van der Waals surface area contributed by atoms with E-state index in [1.54, 1.807) is 0 Å². The highest BCUT2D eigenvalue weighted by atomic mass is 16.5. The summed E-state index contributed by atoms with van der Waals surface area (Å²) in [6.45, 7) is 3.64. The number of ether oxygens (including phenoxy) is 2. The fourth-order valence-corrected chi connectivity index (χ4v) is 8.94. The van der Waals surface area contributed by atoms with Crippen LogP contribution in [0.3, 0.4) is 0 Å². The minimum Gasteiger partial charge on any atom is -0.494 e. The summed E-state index contributed by atoms with van der Waals surface area (Å²) in [6, 6.07) is 70.7. The van der Waals surface area contributed by atoms with Gasteiger partial charge in [0.05, 0.1) is 13.2 Å². The third kappa shape index (κ3) is 14.7. The molecule has 0 saturated heterocycles. The number of pyridine rings is 4. The van der Waals surface area contributed by atoms with Gasteiger partial charge in [-0.1, -0.05) is 133 Å². The average Bonchev–Trinajstić information content (AvgIpc) is 3.49. The Bertz CT molecular complexity index is 2890. The van der Waals surface area contributed by atoms with Crippen LogP contribution in [0.15, 0.2) is 231 Å². The number of rotatable bonds is 25. The van der Waals surface area contributed by atoms with Crippen LogP contribution in [-0.2, 0) is 26.2 Å². The summed E-state index contributed by atoms with van der Waals surface area (Å²) >= 11 is 0. The Hall–Kier alpha value is -9.28. The quantitative estimate of drug-likeness (QED) is 0.0412. The van der Waals surface area contributed by atoms with Crippen molar-refractivity contribution in [2.45, 2.75) is 51.9 Å². The van der Waals surface area contributed by atoms with Crippen molar-refractivity contribution in [1.82, 2.24) is 19.9 Å². The van der Waals surface area contributed by atoms with Gasteiger partial charge in [-0.3, -0.25) is 0 Å². The van der Waals surface area contributed by atoms with Crippen molar-refractivity contribution in [2.75, 3.05) is 34.5 Å². The molecule has 4 N–H and O–H groups in total. The molecule has 4 aromatic heterocycles. The molecule has 0 fully saturated rings. The van der Waals surface area contributed by atoms with Gasteiger partial charge >= 0.3 is 0 Å². The van der Waals surface area contributed by atoms with Crippen LogP contribution >= 0.6 is 0 Å². The van der Waals surface area contributed by atoms with E-state index in [1.165, 1.54) is 0 Å². The van der Waals surface area contributed by atoms with Crippen molar-refractivity contribution in [3.05, 3.63) is 253 Å². The maximum atomic E-state index is 6.45. The average molecular weight is 999 g/mol. The van der Waals surface area contributed by atoms with E-state index in [0.717, 1.165) is 127 Å². The number of hydrogen-bond acceptors (Lipinski definition) is 10. The summed E-state index contributed by atoms with van der Waals surface area (Å²) in [4.78, 5) is 18.8. The predicted molar refractivity (Wildman–Crippen MR) is 310 cm³/mol. The Morgan fingerprint density at radius 2 is 0.526 bits per heavy atom. The van der Waals surface area contributed by atoms with E-state index in [-0.39, 0.29) is 0 Å². The van der Waals surface area contributed by atoms with Gasteiger partial charge in [-0.05, 0) is 143 Å². The molecule has 76 heavy (non-hydrogen) atoms. The number of nitrogens with zero attached hydrogens (tertiary/aromatic N) is 4. The molecular weight excluding hydrogens is 937 g/mol. The minimum atomic E-state index is 0.601. The molecule has 0 saturated carbocycles. The molecule has 4 heterocycles. The first kappa shape index (κ1) is 50.3. The molecule has 0 unspecified atom stereocenters. The van der Waals surface area contributed by atoms with Crippen molar-refractivity contribution >= 4 is 23.3 Å². The number of unbranched alkanes of at least 4 members (excludes halogenated alkanes) is 3. The van der Waals surface area contributed by atoms with Crippen LogP contribution in [0.2, 0.25) is 0 Å². The molecule has 0 aliphatic rings. The number of anilines is 4. The summed E-state index contributed by atoms with van der Waals surface area (Å²) in [5.74, 6) is 4.96. The van der Waals surface area contributed by atoms with Crippen molar-refractivity contribution < 1.29 is 9.47 Å². The van der Waals surface area contributed by atoms with Crippen LogP contribution in [0.5, 0.6) is 11.5 Å². The van der Waals surface area contributed by atoms with Crippen LogP contribution in [0.1, 0.15) is 47.9 Å². The third-order valence-electron chi connectivity index (χ3n) is 13.0. The van der Waals surface area contributed by atoms with E-state index in [0.29, 0.717) is 39.4 Å². The van der Waals surface area contributed by atoms with Crippen LogP contribution in [-0.4, -0.2) is 33.1 Å². The monoisotopic (exact) mass is 998 g/mol. The standard InChI is InChI=1S/C66H62N8O2/c1(15-33-75-61-37-49(41-67-63-29-25-57(45-71-63)53-17-7-3-8-18-53)35-50(38-61)42-68-64-30-26-58(46-72-64)54-19-9-4-10-20-54)2-16-34-76-62-39-51(43-69-65-31-27-59(47-73-65)55-21-11-5-12-22-55)36-52(40-62)44-70-66-32-28-60(48-74-66)56-23-13-6-14-24-56/h3-14,17-32,35-40,45-48H,1-2,15-16,33-34,41-44H2,(H,67,71)(H,68,72)(H,69,73)(H,70,74). The van der Waals surface area contributed by atoms with E-state index in [2.05, 4.69) is 130 Å². The fourth-order valence-electron chi connectivity index (χ4n) is 8.94. The molecule has 0 aliphatic heterocycles. The third-order valence-corrected chi connectivity index (χ3v) is 13.0. The lowest BCUT2D eigenvalue weighted by atomic mass is 10.1. The first-order valence-corrected chi connectivity index (χ1v) is 26.1. The highest BCUT2D eigenvalue weighted by Gasteiger charge is 2.09. The second kappa shape index (κ2) is 26.1. The van der Waals surface area contributed by atoms with Gasteiger partial charge in [0, 0.05) is 73.2 Å². The maximum absolute atomic E-state index is 6.45. The van der Waals surface area contributed by atoms with Crippen LogP contribution < -0.4 is 30.7 Å². The van der Waals surface area contributed by atoms with E-state index >= 15 is 0 Å². The Labute approximate surface area is 446 Å². The highest BCUT2D eigenvalue weighted by molar-refractivity contribution is 5.66. The molecule has 0 aliphatic carbocycles. The van der Waals surface area contributed by atoms with E-state index in [9.17, 15) is 0 Å². The van der Waals surface area contributed by atoms with Gasteiger partial charge in [0.1, 0.15) is 34.8 Å². The maximum Gasteiger partial charge on any atom is 0.126 e. The Balaban J connectivity index is 0.728. The second-order valence-electron chi connectivity index (χ2n) is 18.7. The highest BCUT2D eigenvalue weighted by Crippen LogP contribution is 2.26. The molecule has 0 atom stereocenters. The normalized spacial score (nSPS) is 10.9. The molecule has 0 bridgehead atoms. The lowest BCUT2D eigenvalue weighted by molar-refractivity contribution is 0.287. The zero-order valence-electron chi connectivity index (χ0n) is 42.6. The lowest BCUT2D eigenvalue weighted by Gasteiger charge is -2.14. The van der Waals surface area contributed by atoms with Gasteiger partial charge in [0.15, 0.2) is 0 Å². The molecule has 6 aromatic carbocycles. The van der Waals surface area contributed by atoms with Crippen molar-refractivity contribution in [1.29, 1.82) is 0 Å². The Morgan fingerprint density at radius 3 is 0.763 bits per heavy atom. The summed E-state index contributed by atoms with van der Waals surface area (Å²) in [5.41, 5.74) is 13.3. The van der Waals surface area contributed by atoms with Gasteiger partial charge < -0.3 is 30.7 Å². The molecule has 0 spiro atoms. The molecule has 10 heteroatoms. The van der Waals surface area contributed by atoms with Gasteiger partial charge in [-0.15, -0.1) is 0 Å². The summed E-state index contributed by atoms with van der Waals surface area (Å²) in [5, 5.41) is 14.1. The summed E-state index contributed by atoms with van der Waals surface area (Å²) in [6.07, 6.45) is 11.6. The van der Waals surface area contributed by atoms with Crippen LogP contribution in [0.4, 0.5) is 23.3 Å². The fraction of sp³-hybridized carbons (Fsp3) is 0.152. The first-order valence-electron chi connectivity index (χ1n) is 26.1. The van der Waals surface area contributed by atoms with E-state index in [1.807, 2.05) is 122 Å². The van der Waals surface area contributed by atoms with Crippen molar-refractivity contribution in [2.24, 2.45) is 0 Å². The number of aromatic nitrogens is 4. The zero-order chi connectivity index (χ0) is 51.4. The zero-order valence-corrected chi connectivity index (χ0v) is 42.6. The van der Waals surface area contributed by atoms with Crippen molar-refractivity contribution in [3.63, 3.8) is 0 Å². The lowest BCUT2D eigenvalue weighted by Crippen LogP contribution is -2.07. The smallest absolute Gasteiger partial charge is 0.126 e. The second-order valence-corrected chi connectivity index (χ2v) is 18.7. The summed E-state index contributed by atoms with van der Waals surface area (Å²) < 4.78 is 12.9. The Morgan fingerprint density at radius 1 is 0.263 bits per heavy atom. The van der Waals surface area contributed by atoms with E-state index in [4.69, 9.17) is 29.4 Å². The van der Waals surface area contributed by atoms with Gasteiger partial charge in [0.2, 0.25) is 0 Å². The first-order chi connectivity index (χ1) is 37.6. The minimum absolute atomic E-state index is 0.601. The topological polar surface area (TPSA) is 118 Å².